The average molecular weight is 402 g/mol. The maximum atomic E-state index is 6.34. The highest BCUT2D eigenvalue weighted by Crippen LogP contribution is 2.51. The molecule has 1 heterocycles. The molecule has 0 amide bonds. The molecule has 4 aromatic carbocycles. The molecule has 1 aliphatic rings. The summed E-state index contributed by atoms with van der Waals surface area (Å²) in [6.07, 6.45) is 0. The lowest BCUT2D eigenvalue weighted by atomic mass is 10.2. The van der Waals surface area contributed by atoms with Gasteiger partial charge >= 0.3 is 0 Å². The predicted octanol–water partition coefficient (Wildman–Crippen LogP) is 8.07. The molecule has 0 saturated carbocycles. The highest BCUT2D eigenvalue weighted by molar-refractivity contribution is 7.99. The number of hydrogen-bond acceptors (Lipinski definition) is 3. The van der Waals surface area contributed by atoms with Crippen molar-refractivity contribution in [3.8, 4) is 11.5 Å². The van der Waals surface area contributed by atoms with Crippen LogP contribution < -0.4 is 9.64 Å². The molecule has 0 bridgehead atoms. The van der Waals surface area contributed by atoms with Crippen molar-refractivity contribution in [1.82, 2.24) is 0 Å². The maximum absolute atomic E-state index is 6.34. The summed E-state index contributed by atoms with van der Waals surface area (Å²) in [5.41, 5.74) is 3.24. The van der Waals surface area contributed by atoms with E-state index < -0.39 is 0 Å². The molecule has 1 aliphatic heterocycles. The fourth-order valence-corrected chi connectivity index (χ4v) is 4.51. The number of halogens is 1. The predicted molar refractivity (Wildman–Crippen MR) is 117 cm³/mol. The first-order valence-electron chi connectivity index (χ1n) is 8.98. The number of benzene rings is 4. The van der Waals surface area contributed by atoms with Crippen molar-refractivity contribution >= 4 is 40.4 Å². The van der Waals surface area contributed by atoms with Crippen LogP contribution in [0.15, 0.2) is 107 Å². The minimum absolute atomic E-state index is 0.715. The van der Waals surface area contributed by atoms with E-state index in [1.54, 1.807) is 11.8 Å². The quantitative estimate of drug-likeness (QED) is 0.303. The van der Waals surface area contributed by atoms with Gasteiger partial charge in [-0.3, -0.25) is 0 Å². The SMILES string of the molecule is Clc1cccc2c1Sc1ccc(N(c3ccccc3)c3ccccc3)cc1O2. The van der Waals surface area contributed by atoms with E-state index in [-0.39, 0.29) is 0 Å². The molecule has 4 aromatic rings. The Morgan fingerprint density at radius 1 is 0.643 bits per heavy atom. The van der Waals surface area contributed by atoms with Gasteiger partial charge in [-0.1, -0.05) is 65.8 Å². The van der Waals surface area contributed by atoms with Crippen molar-refractivity contribution in [2.75, 3.05) is 4.90 Å². The van der Waals surface area contributed by atoms with Crippen molar-refractivity contribution in [2.45, 2.75) is 9.79 Å². The van der Waals surface area contributed by atoms with Gasteiger partial charge < -0.3 is 9.64 Å². The Morgan fingerprint density at radius 3 is 2.00 bits per heavy atom. The normalized spacial score (nSPS) is 11.9. The molecular formula is C24H16ClNOS. The molecule has 0 aromatic heterocycles. The van der Waals surface area contributed by atoms with Crippen LogP contribution in [0.2, 0.25) is 5.02 Å². The molecule has 0 fully saturated rings. The first-order chi connectivity index (χ1) is 13.8. The van der Waals surface area contributed by atoms with Crippen LogP contribution in [0.25, 0.3) is 0 Å². The Bertz CT molecular complexity index is 1090. The first kappa shape index (κ1) is 17.2. The van der Waals surface area contributed by atoms with E-state index in [1.165, 1.54) is 0 Å². The van der Waals surface area contributed by atoms with E-state index in [1.807, 2.05) is 54.6 Å². The molecule has 28 heavy (non-hydrogen) atoms. The number of ether oxygens (including phenoxy) is 1. The highest BCUT2D eigenvalue weighted by Gasteiger charge is 2.22. The van der Waals surface area contributed by atoms with Crippen LogP contribution >= 0.6 is 23.4 Å². The van der Waals surface area contributed by atoms with Crippen LogP contribution in [0.3, 0.4) is 0 Å². The lowest BCUT2D eigenvalue weighted by molar-refractivity contribution is 0.455. The van der Waals surface area contributed by atoms with Crippen molar-refractivity contribution < 1.29 is 4.74 Å². The molecule has 0 unspecified atom stereocenters. The monoisotopic (exact) mass is 401 g/mol. The molecule has 4 heteroatoms. The Hall–Kier alpha value is -2.88. The zero-order valence-electron chi connectivity index (χ0n) is 14.9. The summed E-state index contributed by atoms with van der Waals surface area (Å²) in [5.74, 6) is 1.64. The van der Waals surface area contributed by atoms with Crippen molar-refractivity contribution in [2.24, 2.45) is 0 Å². The summed E-state index contributed by atoms with van der Waals surface area (Å²) < 4.78 is 6.19. The van der Waals surface area contributed by atoms with Gasteiger partial charge in [0.25, 0.3) is 0 Å². The van der Waals surface area contributed by atoms with E-state index >= 15 is 0 Å². The van der Waals surface area contributed by atoms with Gasteiger partial charge in [-0.05, 0) is 48.5 Å². The third kappa shape index (κ3) is 3.13. The second-order valence-electron chi connectivity index (χ2n) is 6.41. The van der Waals surface area contributed by atoms with E-state index in [2.05, 4.69) is 47.4 Å². The van der Waals surface area contributed by atoms with Gasteiger partial charge in [-0.25, -0.2) is 0 Å². The van der Waals surface area contributed by atoms with Crippen molar-refractivity contribution in [3.63, 3.8) is 0 Å². The van der Waals surface area contributed by atoms with E-state index in [0.717, 1.165) is 38.4 Å². The lowest BCUT2D eigenvalue weighted by Crippen LogP contribution is -2.10. The fraction of sp³-hybridized carbons (Fsp3) is 0. The molecule has 0 radical (unpaired) electrons. The molecular weight excluding hydrogens is 386 g/mol. The van der Waals surface area contributed by atoms with Gasteiger partial charge in [0.15, 0.2) is 0 Å². The third-order valence-electron chi connectivity index (χ3n) is 4.58. The van der Waals surface area contributed by atoms with Crippen LogP contribution in [0.5, 0.6) is 11.5 Å². The third-order valence-corrected chi connectivity index (χ3v) is 6.19. The Balaban J connectivity index is 1.60. The zero-order valence-corrected chi connectivity index (χ0v) is 16.5. The molecule has 0 N–H and O–H groups in total. The van der Waals surface area contributed by atoms with Crippen LogP contribution in [-0.4, -0.2) is 0 Å². The van der Waals surface area contributed by atoms with Gasteiger partial charge in [-0.2, -0.15) is 0 Å². The second-order valence-corrected chi connectivity index (χ2v) is 7.87. The highest BCUT2D eigenvalue weighted by atomic mass is 35.5. The van der Waals surface area contributed by atoms with Gasteiger partial charge in [0.1, 0.15) is 11.5 Å². The largest absolute Gasteiger partial charge is 0.455 e. The summed E-state index contributed by atoms with van der Waals surface area (Å²) >= 11 is 7.99. The summed E-state index contributed by atoms with van der Waals surface area (Å²) in [6.45, 7) is 0. The van der Waals surface area contributed by atoms with E-state index in [4.69, 9.17) is 16.3 Å². The molecule has 0 saturated heterocycles. The number of fused-ring (bicyclic) bond motifs is 2. The van der Waals surface area contributed by atoms with Gasteiger partial charge in [0.05, 0.1) is 14.8 Å². The molecule has 0 atom stereocenters. The van der Waals surface area contributed by atoms with Gasteiger partial charge in [0.2, 0.25) is 0 Å². The molecule has 136 valence electrons. The smallest absolute Gasteiger partial charge is 0.143 e. The topological polar surface area (TPSA) is 12.5 Å². The lowest BCUT2D eigenvalue weighted by Gasteiger charge is -2.27. The second kappa shape index (κ2) is 7.27. The average Bonchev–Trinajstić information content (AvgIpc) is 2.75. The standard InChI is InChI=1S/C24H16ClNOS/c25-20-12-7-13-21-24(20)28-23-15-14-19(16-22(23)27-21)26(17-8-3-1-4-9-17)18-10-5-2-6-11-18/h1-16H. The van der Waals surface area contributed by atoms with Crippen molar-refractivity contribution in [3.05, 3.63) is 102 Å². The van der Waals surface area contributed by atoms with Gasteiger partial charge in [0, 0.05) is 23.1 Å². The number of hydrogen-bond donors (Lipinski definition) is 0. The summed E-state index contributed by atoms with van der Waals surface area (Å²) in [4.78, 5) is 4.25. The summed E-state index contributed by atoms with van der Waals surface area (Å²) in [5, 5.41) is 0.715. The number of rotatable bonds is 3. The van der Waals surface area contributed by atoms with Crippen LogP contribution in [0.1, 0.15) is 0 Å². The minimum atomic E-state index is 0.715. The number of para-hydroxylation sites is 2. The molecule has 0 spiro atoms. The first-order valence-corrected chi connectivity index (χ1v) is 10.2. The Labute approximate surface area is 173 Å². The molecule has 0 aliphatic carbocycles. The summed E-state index contributed by atoms with van der Waals surface area (Å²) in [6, 6.07) is 32.8. The van der Waals surface area contributed by atoms with Crippen LogP contribution in [-0.2, 0) is 0 Å². The molecule has 5 rings (SSSR count). The van der Waals surface area contributed by atoms with Gasteiger partial charge in [-0.15, -0.1) is 0 Å². The number of anilines is 3. The minimum Gasteiger partial charge on any atom is -0.455 e. The summed E-state index contributed by atoms with van der Waals surface area (Å²) in [7, 11) is 0. The Morgan fingerprint density at radius 2 is 1.32 bits per heavy atom. The fourth-order valence-electron chi connectivity index (χ4n) is 3.30. The molecule has 2 nitrogen and oxygen atoms in total. The maximum Gasteiger partial charge on any atom is 0.143 e. The van der Waals surface area contributed by atoms with Crippen LogP contribution in [0.4, 0.5) is 17.1 Å². The zero-order chi connectivity index (χ0) is 18.9. The van der Waals surface area contributed by atoms with E-state index in [0.29, 0.717) is 5.02 Å². The van der Waals surface area contributed by atoms with E-state index in [9.17, 15) is 0 Å². The van der Waals surface area contributed by atoms with Crippen LogP contribution in [0, 0.1) is 0 Å². The number of nitrogens with zero attached hydrogens (tertiary/aromatic N) is 1. The Kier molecular flexibility index (Phi) is 4.47. The van der Waals surface area contributed by atoms with Crippen molar-refractivity contribution in [1.29, 1.82) is 0 Å².